The van der Waals surface area contributed by atoms with Gasteiger partial charge in [0.2, 0.25) is 0 Å². The molecule has 0 radical (unpaired) electrons. The molecule has 2 aliphatic rings. The van der Waals surface area contributed by atoms with Crippen molar-refractivity contribution in [2.45, 2.75) is 38.5 Å². The summed E-state index contributed by atoms with van der Waals surface area (Å²) in [6.45, 7) is 4.15. The number of benzene rings is 3. The van der Waals surface area contributed by atoms with Gasteiger partial charge in [0, 0.05) is 22.6 Å². The van der Waals surface area contributed by atoms with Crippen molar-refractivity contribution >= 4 is 17.3 Å². The van der Waals surface area contributed by atoms with Crippen molar-refractivity contribution in [2.24, 2.45) is 11.8 Å². The molecule has 0 saturated carbocycles. The number of fused-ring (bicyclic) bond motifs is 4. The Bertz CT molecular complexity index is 1560. The Balaban J connectivity index is 1.53. The van der Waals surface area contributed by atoms with Gasteiger partial charge in [0.05, 0.1) is 17.0 Å². The lowest BCUT2D eigenvalue weighted by Crippen LogP contribution is -2.27. The number of anilines is 2. The first-order valence-electron chi connectivity index (χ1n) is 13.2. The summed E-state index contributed by atoms with van der Waals surface area (Å²) in [7, 11) is 0. The van der Waals surface area contributed by atoms with Crippen molar-refractivity contribution < 1.29 is 4.79 Å². The van der Waals surface area contributed by atoms with Gasteiger partial charge in [0.25, 0.3) is 0 Å². The van der Waals surface area contributed by atoms with E-state index >= 15 is 0 Å². The Kier molecular flexibility index (Phi) is 5.96. The smallest absolute Gasteiger partial charge is 0.176 e. The van der Waals surface area contributed by atoms with Crippen LogP contribution in [-0.4, -0.2) is 15.6 Å². The summed E-state index contributed by atoms with van der Waals surface area (Å²) in [6.07, 6.45) is 4.42. The topological polar surface area (TPSA) is 70.7 Å². The number of hydrogen-bond donors (Lipinski definition) is 1. The summed E-state index contributed by atoms with van der Waals surface area (Å²) in [6, 6.07) is 31.1. The number of nitrogens with one attached hydrogen (secondary N) is 1. The molecule has 0 unspecified atom stereocenters. The molecule has 5 heteroatoms. The molecule has 4 aromatic rings. The van der Waals surface area contributed by atoms with E-state index < -0.39 is 5.41 Å². The zero-order valence-electron chi connectivity index (χ0n) is 21.7. The van der Waals surface area contributed by atoms with Crippen LogP contribution in [0.4, 0.5) is 11.5 Å². The Morgan fingerprint density at radius 3 is 2.32 bits per heavy atom. The monoisotopic (exact) mass is 498 g/mol. The molecule has 5 nitrogen and oxygen atoms in total. The Labute approximate surface area is 223 Å². The summed E-state index contributed by atoms with van der Waals surface area (Å²) in [5.41, 5.74) is 6.20. The fourth-order valence-corrected chi connectivity index (χ4v) is 6.21. The van der Waals surface area contributed by atoms with Crippen LogP contribution in [0.1, 0.15) is 37.9 Å². The molecule has 0 fully saturated rings. The number of ketones is 1. The molecule has 38 heavy (non-hydrogen) atoms. The second-order valence-corrected chi connectivity index (χ2v) is 10.7. The summed E-state index contributed by atoms with van der Waals surface area (Å²) in [4.78, 5) is 13.1. The molecule has 3 atom stereocenters. The highest BCUT2D eigenvalue weighted by atomic mass is 16.1. The van der Waals surface area contributed by atoms with Crippen LogP contribution < -0.4 is 5.32 Å². The fraction of sp³-hybridized carbons (Fsp3) is 0.242. The summed E-state index contributed by atoms with van der Waals surface area (Å²) in [5, 5.41) is 18.6. The number of hydrogen-bond acceptors (Lipinski definition) is 4. The summed E-state index contributed by atoms with van der Waals surface area (Å²) < 4.78 is 2.03. The van der Waals surface area contributed by atoms with Crippen LogP contribution in [0.15, 0.2) is 96.6 Å². The lowest BCUT2D eigenvalue weighted by Gasteiger charge is -2.29. The quantitative estimate of drug-likeness (QED) is 0.324. The molecule has 6 rings (SSSR count). The van der Waals surface area contributed by atoms with Crippen LogP contribution in [0.5, 0.6) is 0 Å². The van der Waals surface area contributed by atoms with E-state index in [0.29, 0.717) is 0 Å². The number of Topliss-reactive ketones (excluding diaryl/α,β-unsaturated/α-hetero) is 1. The van der Waals surface area contributed by atoms with Gasteiger partial charge in [-0.05, 0) is 60.6 Å². The number of carbonyl (C=O) groups excluding carboxylic acids is 1. The predicted molar refractivity (Wildman–Crippen MR) is 150 cm³/mol. The third kappa shape index (κ3) is 4.13. The molecule has 1 N–H and O–H groups in total. The maximum absolute atomic E-state index is 13.1. The van der Waals surface area contributed by atoms with Crippen LogP contribution in [0.3, 0.4) is 0 Å². The van der Waals surface area contributed by atoms with E-state index in [1.165, 1.54) is 0 Å². The molecule has 3 aromatic carbocycles. The number of allylic oxidation sites excluding steroid dienone is 2. The summed E-state index contributed by atoms with van der Waals surface area (Å²) >= 11 is 0. The highest BCUT2D eigenvalue weighted by molar-refractivity contribution is 6.01. The fourth-order valence-electron chi connectivity index (χ4n) is 6.21. The predicted octanol–water partition coefficient (Wildman–Crippen LogP) is 7.16. The Morgan fingerprint density at radius 2 is 1.63 bits per heavy atom. The van der Waals surface area contributed by atoms with Crippen molar-refractivity contribution in [3.63, 3.8) is 0 Å². The van der Waals surface area contributed by atoms with E-state index in [1.807, 2.05) is 66.2 Å². The van der Waals surface area contributed by atoms with Gasteiger partial charge in [0.1, 0.15) is 6.07 Å². The normalized spacial score (nSPS) is 22.4. The highest BCUT2D eigenvalue weighted by Crippen LogP contribution is 2.48. The molecule has 2 bridgehead atoms. The first-order valence-corrected chi connectivity index (χ1v) is 13.2. The molecular formula is C33H30N4O. The van der Waals surface area contributed by atoms with Gasteiger partial charge in [-0.3, -0.25) is 4.79 Å². The number of nitrogens with zero attached hydrogens (tertiary/aromatic N) is 3. The maximum Gasteiger partial charge on any atom is 0.176 e. The number of carbonyl (C=O) groups is 1. The largest absolute Gasteiger partial charge is 0.339 e. The molecule has 2 aliphatic carbocycles. The average Bonchev–Trinajstić information content (AvgIpc) is 3.20. The molecular weight excluding hydrogens is 468 g/mol. The van der Waals surface area contributed by atoms with E-state index in [9.17, 15) is 10.1 Å². The molecule has 0 amide bonds. The number of aromatic nitrogens is 2. The van der Waals surface area contributed by atoms with E-state index in [4.69, 9.17) is 5.10 Å². The third-order valence-corrected chi connectivity index (χ3v) is 8.20. The zero-order chi connectivity index (χ0) is 26.3. The molecule has 188 valence electrons. The van der Waals surface area contributed by atoms with Crippen LogP contribution in [0.25, 0.3) is 16.8 Å². The minimum Gasteiger partial charge on any atom is -0.339 e. The first kappa shape index (κ1) is 23.9. The van der Waals surface area contributed by atoms with Crippen molar-refractivity contribution in [1.82, 2.24) is 9.78 Å². The summed E-state index contributed by atoms with van der Waals surface area (Å²) in [5.74, 6) is 0.812. The van der Waals surface area contributed by atoms with Crippen LogP contribution in [0.2, 0.25) is 0 Å². The number of para-hydroxylation sites is 1. The zero-order valence-corrected chi connectivity index (χ0v) is 21.7. The first-order chi connectivity index (χ1) is 18.5. The van der Waals surface area contributed by atoms with Crippen molar-refractivity contribution in [3.8, 4) is 22.9 Å². The maximum atomic E-state index is 13.1. The minimum atomic E-state index is -0.510. The van der Waals surface area contributed by atoms with Crippen LogP contribution >= 0.6 is 0 Å². The second-order valence-electron chi connectivity index (χ2n) is 10.7. The lowest BCUT2D eigenvalue weighted by molar-refractivity contribution is -0.119. The third-order valence-electron chi connectivity index (χ3n) is 8.20. The Hall–Kier alpha value is -4.43. The highest BCUT2D eigenvalue weighted by Gasteiger charge is 2.44. The van der Waals surface area contributed by atoms with Gasteiger partial charge in [-0.15, -0.1) is 5.10 Å². The van der Waals surface area contributed by atoms with Crippen molar-refractivity contribution in [1.29, 1.82) is 5.26 Å². The Morgan fingerprint density at radius 1 is 0.974 bits per heavy atom. The van der Waals surface area contributed by atoms with Crippen LogP contribution in [-0.2, 0) is 16.6 Å². The molecule has 1 heterocycles. The number of rotatable bonds is 4. The van der Waals surface area contributed by atoms with Gasteiger partial charge in [-0.1, -0.05) is 80.6 Å². The molecule has 0 spiro atoms. The average molecular weight is 499 g/mol. The van der Waals surface area contributed by atoms with Gasteiger partial charge < -0.3 is 5.32 Å². The number of nitriles is 1. The lowest BCUT2D eigenvalue weighted by atomic mass is 9.76. The van der Waals surface area contributed by atoms with Crippen molar-refractivity contribution in [2.75, 3.05) is 5.32 Å². The van der Waals surface area contributed by atoms with Gasteiger partial charge in [-0.2, -0.15) is 5.26 Å². The molecule has 0 saturated heterocycles. The van der Waals surface area contributed by atoms with Gasteiger partial charge in [-0.25, -0.2) is 4.68 Å². The van der Waals surface area contributed by atoms with E-state index in [1.54, 1.807) is 0 Å². The van der Waals surface area contributed by atoms with Gasteiger partial charge >= 0.3 is 0 Å². The molecule has 1 aromatic heterocycles. The van der Waals surface area contributed by atoms with Crippen LogP contribution in [0, 0.1) is 23.2 Å². The SMILES string of the molecule is C[C@H]1C(=O)C(C#N)=C[C@]2(C)C[C@H]1CCc1c(Nc3ccccc3)nn(-c3ccc(-c4ccccc4)cc3)c12. The standard InChI is InChI=1S/C33H30N4O/c1-22-25-15-18-29-31(33(2,19-25)20-26(21-34)30(22)38)37(36-32(29)35-27-11-7-4-8-12-27)28-16-13-24(14-17-28)23-9-5-3-6-10-23/h3-14,16-17,20,22,25H,15,18-19H2,1-2H3,(H,35,36)/t22-,25-,33+/m1/s1. The van der Waals surface area contributed by atoms with E-state index in [0.717, 1.165) is 58.8 Å². The molecule has 0 aliphatic heterocycles. The van der Waals surface area contributed by atoms with Gasteiger partial charge in [0.15, 0.2) is 11.6 Å². The van der Waals surface area contributed by atoms with E-state index in [-0.39, 0.29) is 23.2 Å². The second kappa shape index (κ2) is 9.46. The minimum absolute atomic E-state index is 0.0365. The van der Waals surface area contributed by atoms with Crippen molar-refractivity contribution in [3.05, 3.63) is 108 Å². The van der Waals surface area contributed by atoms with E-state index in [2.05, 4.69) is 54.7 Å².